The summed E-state index contributed by atoms with van der Waals surface area (Å²) in [7, 11) is 4.67. The highest BCUT2D eigenvalue weighted by Gasteiger charge is 1.99. The fraction of sp³-hybridized carbons (Fsp3) is 0.333. The van der Waals surface area contributed by atoms with Crippen molar-refractivity contribution in [2.24, 2.45) is 5.73 Å². The van der Waals surface area contributed by atoms with Gasteiger partial charge in [0.2, 0.25) is 0 Å². The zero-order valence-corrected chi connectivity index (χ0v) is 14.4. The number of benzene rings is 1. The number of rotatable bonds is 4. The Morgan fingerprint density at radius 2 is 2.11 bits per heavy atom. The second-order valence-corrected chi connectivity index (χ2v) is 5.37. The molecule has 6 heteroatoms. The maximum atomic E-state index is 5.23. The predicted molar refractivity (Wildman–Crippen MR) is 92.8 cm³/mol. The van der Waals surface area contributed by atoms with Crippen molar-refractivity contribution in [1.29, 1.82) is 0 Å². The molecule has 3 N–H and O–H groups in total. The number of thioether (sulfide) groups is 1. The molecule has 0 aromatic heterocycles. The first-order valence-electron chi connectivity index (χ1n) is 5.10. The van der Waals surface area contributed by atoms with Gasteiger partial charge in [-0.05, 0) is 39.6 Å². The number of hydrogen-bond donors (Lipinski definition) is 2. The van der Waals surface area contributed by atoms with Crippen LogP contribution in [0.25, 0.3) is 0 Å². The molecule has 0 amide bonds. The molecule has 0 atom stereocenters. The van der Waals surface area contributed by atoms with Gasteiger partial charge in [-0.2, -0.15) is 0 Å². The maximum absolute atomic E-state index is 5.23. The number of nitrogens with two attached hydrogens (primary N) is 1. The standard InChI is InChI=1S/C11H12INOS2.CH5N/c1-14-10-6-9(7-11(8-10)15-2)13-4-3-5-16-12;1-2/h6-8,13H,4H2,1-2H3;2H2,1H3. The molecule has 1 rings (SSSR count). The Morgan fingerprint density at radius 3 is 2.67 bits per heavy atom. The molecule has 0 radical (unpaired) electrons. The second-order valence-electron chi connectivity index (χ2n) is 2.81. The highest BCUT2D eigenvalue weighted by atomic mass is 127. The van der Waals surface area contributed by atoms with E-state index in [4.69, 9.17) is 4.74 Å². The summed E-state index contributed by atoms with van der Waals surface area (Å²) < 4.78 is 5.23. The van der Waals surface area contributed by atoms with Crippen molar-refractivity contribution in [3.05, 3.63) is 18.2 Å². The van der Waals surface area contributed by atoms with E-state index in [-0.39, 0.29) is 0 Å². The number of hydrogen-bond acceptors (Lipinski definition) is 5. The van der Waals surface area contributed by atoms with Crippen LogP contribution in [-0.4, -0.2) is 27.0 Å². The Kier molecular flexibility index (Phi) is 11.7. The van der Waals surface area contributed by atoms with Gasteiger partial charge >= 0.3 is 0 Å². The van der Waals surface area contributed by atoms with E-state index in [0.717, 1.165) is 11.4 Å². The fourth-order valence-electron chi connectivity index (χ4n) is 1.12. The van der Waals surface area contributed by atoms with Gasteiger partial charge in [-0.25, -0.2) is 0 Å². The summed E-state index contributed by atoms with van der Waals surface area (Å²) in [5.74, 6) is 3.87. The maximum Gasteiger partial charge on any atom is 0.122 e. The van der Waals surface area contributed by atoms with Gasteiger partial charge < -0.3 is 15.8 Å². The lowest BCUT2D eigenvalue weighted by Crippen LogP contribution is -1.99. The Morgan fingerprint density at radius 1 is 1.39 bits per heavy atom. The molecule has 3 nitrogen and oxygen atoms in total. The first kappa shape index (κ1) is 17.8. The minimum absolute atomic E-state index is 0.650. The second kappa shape index (κ2) is 11.8. The van der Waals surface area contributed by atoms with Crippen molar-refractivity contribution < 1.29 is 4.74 Å². The van der Waals surface area contributed by atoms with Crippen LogP contribution in [0.15, 0.2) is 23.1 Å². The van der Waals surface area contributed by atoms with Crippen molar-refractivity contribution in [3.63, 3.8) is 0 Å². The van der Waals surface area contributed by atoms with Gasteiger partial charge in [0, 0.05) is 37.9 Å². The minimum atomic E-state index is 0.650. The Hall–Kier alpha value is -0.230. The molecule has 0 saturated carbocycles. The zero-order chi connectivity index (χ0) is 13.8. The quantitative estimate of drug-likeness (QED) is 0.464. The molecule has 100 valence electrons. The van der Waals surface area contributed by atoms with Gasteiger partial charge in [0.15, 0.2) is 0 Å². The molecule has 0 heterocycles. The van der Waals surface area contributed by atoms with Gasteiger partial charge in [0.25, 0.3) is 0 Å². The summed E-state index contributed by atoms with van der Waals surface area (Å²) in [4.78, 5) is 1.18. The Bertz CT molecular complexity index is 383. The van der Waals surface area contributed by atoms with Crippen LogP contribution in [0.2, 0.25) is 0 Å². The molecule has 0 unspecified atom stereocenters. The largest absolute Gasteiger partial charge is 0.497 e. The summed E-state index contributed by atoms with van der Waals surface area (Å²) >= 11 is 3.85. The van der Waals surface area contributed by atoms with Crippen LogP contribution >= 0.6 is 41.9 Å². The monoisotopic (exact) mass is 396 g/mol. The summed E-state index contributed by atoms with van der Waals surface area (Å²) in [5, 5.41) is 6.18. The van der Waals surface area contributed by atoms with Gasteiger partial charge in [-0.1, -0.05) is 5.92 Å². The van der Waals surface area contributed by atoms with E-state index in [0.29, 0.717) is 6.54 Å². The third-order valence-corrected chi connectivity index (χ3v) is 3.43. The minimum Gasteiger partial charge on any atom is -0.497 e. The number of methoxy groups -OCH3 is 1. The zero-order valence-electron chi connectivity index (χ0n) is 10.6. The van der Waals surface area contributed by atoms with E-state index < -0.39 is 0 Å². The third kappa shape index (κ3) is 7.26. The molecule has 1 aromatic carbocycles. The highest BCUT2D eigenvalue weighted by molar-refractivity contribution is 14.2. The molecule has 0 aliphatic heterocycles. The molecule has 0 fully saturated rings. The summed E-state index contributed by atoms with van der Waals surface area (Å²) in [6.07, 6.45) is 2.05. The Labute approximate surface area is 130 Å². The molecular weight excluding hydrogens is 379 g/mol. The number of ether oxygens (including phenoxy) is 1. The highest BCUT2D eigenvalue weighted by Crippen LogP contribution is 2.26. The summed E-state index contributed by atoms with van der Waals surface area (Å²) in [5.41, 5.74) is 5.54. The number of nitrogens with one attached hydrogen (secondary N) is 1. The van der Waals surface area contributed by atoms with Crippen molar-refractivity contribution in [2.45, 2.75) is 4.90 Å². The van der Waals surface area contributed by atoms with E-state index >= 15 is 0 Å². The van der Waals surface area contributed by atoms with E-state index in [1.807, 2.05) is 18.4 Å². The summed E-state index contributed by atoms with van der Waals surface area (Å²) in [6.45, 7) is 0.650. The lowest BCUT2D eigenvalue weighted by atomic mass is 10.3. The first-order chi connectivity index (χ1) is 8.80. The number of anilines is 1. The number of halogens is 1. The van der Waals surface area contributed by atoms with Crippen LogP contribution in [-0.2, 0) is 0 Å². The third-order valence-electron chi connectivity index (χ3n) is 1.84. The van der Waals surface area contributed by atoms with E-state index in [9.17, 15) is 0 Å². The molecule has 18 heavy (non-hydrogen) atoms. The molecule has 0 bridgehead atoms. The van der Waals surface area contributed by atoms with E-state index in [2.05, 4.69) is 49.5 Å². The lowest BCUT2D eigenvalue weighted by Gasteiger charge is -2.08. The van der Waals surface area contributed by atoms with Crippen molar-refractivity contribution >= 4 is 47.6 Å². The van der Waals surface area contributed by atoms with Crippen LogP contribution in [0.1, 0.15) is 0 Å². The van der Waals surface area contributed by atoms with E-state index in [1.165, 1.54) is 20.9 Å². The molecule has 0 saturated heterocycles. The van der Waals surface area contributed by atoms with Crippen LogP contribution in [0.5, 0.6) is 5.75 Å². The predicted octanol–water partition coefficient (Wildman–Crippen LogP) is 3.45. The van der Waals surface area contributed by atoms with Crippen LogP contribution in [0, 0.1) is 11.2 Å². The normalized spacial score (nSPS) is 8.50. The van der Waals surface area contributed by atoms with Gasteiger partial charge in [0.1, 0.15) is 5.75 Å². The average Bonchev–Trinajstić information content (AvgIpc) is 2.45. The average molecular weight is 396 g/mol. The van der Waals surface area contributed by atoms with E-state index in [1.54, 1.807) is 18.9 Å². The van der Waals surface area contributed by atoms with Gasteiger partial charge in [-0.15, -0.1) is 11.8 Å². The summed E-state index contributed by atoms with van der Waals surface area (Å²) in [6, 6.07) is 6.08. The molecule has 0 aliphatic carbocycles. The topological polar surface area (TPSA) is 47.3 Å². The smallest absolute Gasteiger partial charge is 0.122 e. The van der Waals surface area contributed by atoms with Crippen LogP contribution in [0.3, 0.4) is 0 Å². The molecule has 1 aromatic rings. The molecular formula is C12H17IN2OS2. The SMILES string of the molecule is CN.COc1cc(NCC#CSI)cc(SC)c1. The first-order valence-corrected chi connectivity index (χ1v) is 9.68. The van der Waals surface area contributed by atoms with Crippen molar-refractivity contribution in [1.82, 2.24) is 0 Å². The molecule has 0 spiro atoms. The van der Waals surface area contributed by atoms with Crippen molar-refractivity contribution in [3.8, 4) is 16.9 Å². The lowest BCUT2D eigenvalue weighted by molar-refractivity contribution is 0.414. The van der Waals surface area contributed by atoms with Crippen LogP contribution < -0.4 is 15.8 Å². The fourth-order valence-corrected chi connectivity index (χ4v) is 2.19. The van der Waals surface area contributed by atoms with Gasteiger partial charge in [-0.3, -0.25) is 0 Å². The van der Waals surface area contributed by atoms with Crippen LogP contribution in [0.4, 0.5) is 5.69 Å². The Balaban J connectivity index is 0.00000137. The van der Waals surface area contributed by atoms with Gasteiger partial charge in [0.05, 0.1) is 13.7 Å². The molecule has 0 aliphatic rings. The van der Waals surface area contributed by atoms with Crippen molar-refractivity contribution in [2.75, 3.05) is 32.3 Å².